The van der Waals surface area contributed by atoms with Gasteiger partial charge in [0.15, 0.2) is 0 Å². The van der Waals surface area contributed by atoms with Crippen LogP contribution < -0.4 is 4.74 Å². The summed E-state index contributed by atoms with van der Waals surface area (Å²) >= 11 is 6.37. The number of benzene rings is 2. The lowest BCUT2D eigenvalue weighted by Crippen LogP contribution is -2.36. The third kappa shape index (κ3) is 5.23. The highest BCUT2D eigenvalue weighted by Crippen LogP contribution is 2.26. The lowest BCUT2D eigenvalue weighted by atomic mass is 10.1. The lowest BCUT2D eigenvalue weighted by Gasteiger charge is -2.26. The Hall–Kier alpha value is -1.55. The monoisotopic (exact) mass is 345 g/mol. The smallest absolute Gasteiger partial charge is 0.138 e. The second-order valence-corrected chi connectivity index (χ2v) is 6.50. The van der Waals surface area contributed by atoms with E-state index >= 15 is 0 Å². The highest BCUT2D eigenvalue weighted by atomic mass is 35.5. The maximum Gasteiger partial charge on any atom is 0.138 e. The van der Waals surface area contributed by atoms with E-state index in [1.165, 1.54) is 5.56 Å². The predicted molar refractivity (Wildman–Crippen MR) is 97.8 cm³/mol. The van der Waals surface area contributed by atoms with Gasteiger partial charge in [0, 0.05) is 13.1 Å². The molecular weight excluding hydrogens is 322 g/mol. The molecule has 1 heterocycles. The maximum absolute atomic E-state index is 6.37. The molecule has 1 aliphatic rings. The molecule has 4 heteroatoms. The minimum atomic E-state index is 0.539. The Kier molecular flexibility index (Phi) is 6.53. The van der Waals surface area contributed by atoms with Gasteiger partial charge in [0.1, 0.15) is 12.4 Å². The van der Waals surface area contributed by atoms with E-state index in [2.05, 4.69) is 11.0 Å². The van der Waals surface area contributed by atoms with Gasteiger partial charge in [-0.2, -0.15) is 0 Å². The number of aryl methyl sites for hydroxylation is 1. The molecule has 0 aromatic heterocycles. The van der Waals surface area contributed by atoms with Crippen molar-refractivity contribution in [1.82, 2.24) is 4.90 Å². The Morgan fingerprint density at radius 2 is 1.79 bits per heavy atom. The van der Waals surface area contributed by atoms with Gasteiger partial charge in [-0.25, -0.2) is 0 Å². The highest BCUT2D eigenvalue weighted by Gasteiger charge is 2.10. The summed E-state index contributed by atoms with van der Waals surface area (Å²) in [5.74, 6) is 0.748. The van der Waals surface area contributed by atoms with Crippen molar-refractivity contribution in [2.75, 3.05) is 32.8 Å². The molecule has 3 nitrogen and oxygen atoms in total. The highest BCUT2D eigenvalue weighted by molar-refractivity contribution is 6.32. The van der Waals surface area contributed by atoms with Gasteiger partial charge in [0.25, 0.3) is 0 Å². The minimum Gasteiger partial charge on any atom is -0.487 e. The zero-order valence-corrected chi connectivity index (χ0v) is 14.7. The van der Waals surface area contributed by atoms with Gasteiger partial charge < -0.3 is 9.47 Å². The second-order valence-electron chi connectivity index (χ2n) is 6.10. The average molecular weight is 346 g/mol. The first-order valence-corrected chi connectivity index (χ1v) is 8.94. The van der Waals surface area contributed by atoms with Crippen molar-refractivity contribution >= 4 is 11.6 Å². The van der Waals surface area contributed by atoms with Crippen molar-refractivity contribution < 1.29 is 9.47 Å². The van der Waals surface area contributed by atoms with E-state index in [9.17, 15) is 0 Å². The summed E-state index contributed by atoms with van der Waals surface area (Å²) in [4.78, 5) is 2.46. The van der Waals surface area contributed by atoms with Gasteiger partial charge in [0.2, 0.25) is 0 Å². The fourth-order valence-electron chi connectivity index (χ4n) is 2.88. The normalized spacial score (nSPS) is 15.4. The molecule has 0 bridgehead atoms. The Labute approximate surface area is 149 Å². The van der Waals surface area contributed by atoms with Crippen LogP contribution in [0.25, 0.3) is 0 Å². The molecule has 0 spiro atoms. The predicted octanol–water partition coefficient (Wildman–Crippen LogP) is 4.18. The van der Waals surface area contributed by atoms with Gasteiger partial charge in [0.05, 0.1) is 18.2 Å². The summed E-state index contributed by atoms with van der Waals surface area (Å²) in [7, 11) is 0. The molecule has 0 N–H and O–H groups in total. The molecule has 0 amide bonds. The largest absolute Gasteiger partial charge is 0.487 e. The number of ether oxygens (including phenoxy) is 2. The van der Waals surface area contributed by atoms with Crippen LogP contribution in [0.5, 0.6) is 5.75 Å². The van der Waals surface area contributed by atoms with Crippen LogP contribution in [0.3, 0.4) is 0 Å². The summed E-state index contributed by atoms with van der Waals surface area (Å²) in [5, 5.41) is 0.690. The number of halogens is 1. The van der Waals surface area contributed by atoms with Crippen molar-refractivity contribution in [1.29, 1.82) is 0 Å². The molecule has 3 rings (SSSR count). The molecule has 1 fully saturated rings. The number of nitrogens with zero attached hydrogens (tertiary/aromatic N) is 1. The van der Waals surface area contributed by atoms with Crippen LogP contribution in [0.15, 0.2) is 48.5 Å². The van der Waals surface area contributed by atoms with E-state index in [1.54, 1.807) is 0 Å². The van der Waals surface area contributed by atoms with E-state index in [-0.39, 0.29) is 0 Å². The van der Waals surface area contributed by atoms with Gasteiger partial charge >= 0.3 is 0 Å². The molecule has 0 unspecified atom stereocenters. The second kappa shape index (κ2) is 9.07. The van der Waals surface area contributed by atoms with Crippen molar-refractivity contribution in [2.24, 2.45) is 0 Å². The molecule has 0 saturated carbocycles. The lowest BCUT2D eigenvalue weighted by molar-refractivity contribution is 0.0374. The molecule has 128 valence electrons. The summed E-state index contributed by atoms with van der Waals surface area (Å²) in [6.07, 6.45) is 2.18. The Morgan fingerprint density at radius 3 is 2.54 bits per heavy atom. The van der Waals surface area contributed by atoms with E-state index in [1.807, 2.05) is 42.5 Å². The van der Waals surface area contributed by atoms with Crippen molar-refractivity contribution in [3.8, 4) is 5.75 Å². The van der Waals surface area contributed by atoms with E-state index in [0.29, 0.717) is 11.6 Å². The van der Waals surface area contributed by atoms with Gasteiger partial charge in [-0.05, 0) is 42.6 Å². The first-order valence-electron chi connectivity index (χ1n) is 8.56. The van der Waals surface area contributed by atoms with E-state index in [0.717, 1.165) is 57.0 Å². The number of rotatable bonds is 7. The maximum atomic E-state index is 6.37. The molecule has 1 saturated heterocycles. The van der Waals surface area contributed by atoms with Crippen LogP contribution in [0.2, 0.25) is 5.02 Å². The van der Waals surface area contributed by atoms with Crippen LogP contribution in [0, 0.1) is 0 Å². The fraction of sp³-hybridized carbons (Fsp3) is 0.400. The van der Waals surface area contributed by atoms with Crippen molar-refractivity contribution in [2.45, 2.75) is 19.4 Å². The fourth-order valence-corrected chi connectivity index (χ4v) is 3.14. The van der Waals surface area contributed by atoms with Crippen LogP contribution in [-0.2, 0) is 17.8 Å². The molecule has 0 aliphatic carbocycles. The summed E-state index contributed by atoms with van der Waals surface area (Å²) < 4.78 is 11.2. The summed E-state index contributed by atoms with van der Waals surface area (Å²) in [6, 6.07) is 16.3. The van der Waals surface area contributed by atoms with Gasteiger partial charge in [-0.3, -0.25) is 4.90 Å². The summed E-state index contributed by atoms with van der Waals surface area (Å²) in [5.41, 5.74) is 2.41. The van der Waals surface area contributed by atoms with Crippen molar-refractivity contribution in [3.05, 3.63) is 64.7 Å². The number of hydrogen-bond acceptors (Lipinski definition) is 3. The van der Waals surface area contributed by atoms with Crippen LogP contribution in [0.1, 0.15) is 17.5 Å². The number of morpholine rings is 1. The molecule has 0 atom stereocenters. The molecule has 1 aliphatic heterocycles. The Bertz CT molecular complexity index is 627. The standard InChI is InChI=1S/C20H24ClNO2/c21-19-15-17(7-4-10-22-11-13-23-14-12-22)8-9-20(19)24-16-18-5-2-1-3-6-18/h1-3,5-6,8-9,15H,4,7,10-14,16H2. The third-order valence-electron chi connectivity index (χ3n) is 4.28. The Morgan fingerprint density at radius 1 is 1.00 bits per heavy atom. The zero-order valence-electron chi connectivity index (χ0n) is 13.9. The van der Waals surface area contributed by atoms with Crippen LogP contribution in [0.4, 0.5) is 0 Å². The molecular formula is C20H24ClNO2. The summed E-state index contributed by atoms with van der Waals surface area (Å²) in [6.45, 7) is 5.47. The van der Waals surface area contributed by atoms with Gasteiger partial charge in [-0.15, -0.1) is 0 Å². The third-order valence-corrected chi connectivity index (χ3v) is 4.57. The minimum absolute atomic E-state index is 0.539. The van der Waals surface area contributed by atoms with Crippen LogP contribution in [-0.4, -0.2) is 37.7 Å². The molecule has 24 heavy (non-hydrogen) atoms. The Balaban J connectivity index is 1.47. The first kappa shape index (κ1) is 17.3. The average Bonchev–Trinajstić information content (AvgIpc) is 2.63. The molecule has 2 aromatic carbocycles. The van der Waals surface area contributed by atoms with Crippen LogP contribution >= 0.6 is 11.6 Å². The number of hydrogen-bond donors (Lipinski definition) is 0. The van der Waals surface area contributed by atoms with Gasteiger partial charge in [-0.1, -0.05) is 48.0 Å². The SMILES string of the molecule is Clc1cc(CCCN2CCOCC2)ccc1OCc1ccccc1. The topological polar surface area (TPSA) is 21.7 Å². The van der Waals surface area contributed by atoms with E-state index < -0.39 is 0 Å². The van der Waals surface area contributed by atoms with E-state index in [4.69, 9.17) is 21.1 Å². The molecule has 2 aromatic rings. The first-order chi connectivity index (χ1) is 11.8. The molecule has 0 radical (unpaired) electrons. The quantitative estimate of drug-likeness (QED) is 0.751. The van der Waals surface area contributed by atoms with Crippen molar-refractivity contribution in [3.63, 3.8) is 0 Å². The zero-order chi connectivity index (χ0) is 16.6.